The number of carbonyl (C=O) groups is 8. The van der Waals surface area contributed by atoms with Crippen LogP contribution >= 0.6 is 22.7 Å². The summed E-state index contributed by atoms with van der Waals surface area (Å²) < 4.78 is 40.7. The van der Waals surface area contributed by atoms with Crippen LogP contribution in [0.4, 0.5) is 19.9 Å². The van der Waals surface area contributed by atoms with Gasteiger partial charge in [0.25, 0.3) is 0 Å². The van der Waals surface area contributed by atoms with Crippen molar-refractivity contribution in [1.82, 2.24) is 51.0 Å². The van der Waals surface area contributed by atoms with Crippen molar-refractivity contribution in [3.63, 3.8) is 0 Å². The first kappa shape index (κ1) is 73.5. The van der Waals surface area contributed by atoms with Crippen LogP contribution in [0, 0.1) is 11.8 Å². The lowest BCUT2D eigenvalue weighted by atomic mass is 10.0. The van der Waals surface area contributed by atoms with Crippen molar-refractivity contribution in [2.75, 3.05) is 45.9 Å². The molecule has 2 saturated heterocycles. The number of hydrogen-bond donors (Lipinski definition) is 7. The summed E-state index contributed by atoms with van der Waals surface area (Å²) in [4.78, 5) is 130. The summed E-state index contributed by atoms with van der Waals surface area (Å²) >= 11 is 2.58. The number of carboxylic acids is 1. The number of allylic oxidation sites excluding steroid dienone is 2. The number of aromatic nitrogens is 4. The molecule has 9 N–H and O–H groups in total. The van der Waals surface area contributed by atoms with Crippen molar-refractivity contribution in [1.29, 1.82) is 0 Å². The molecule has 6 fully saturated rings. The fraction of sp³-hybridized carbons (Fsp3) is 0.520. The van der Waals surface area contributed by atoms with Crippen molar-refractivity contribution >= 4 is 102 Å². The van der Waals surface area contributed by atoms with Crippen LogP contribution in [0.3, 0.4) is 0 Å². The standard InChI is InChI=1S/C38H46N6O8S.C37H44N6O8S.H2/c1-49-24-14-15-26-28(16-24)40-29(30-21-53-36(39)41-30)18-32(26)51-25-17-31-33(45)43-38(35(47)50-2)19-22(38)10-6-4-3-5-7-13-27(34(46)44(31)20-25)42-37(48)52-23-11-8-9-12-23;1-49-23-13-14-25-27(15-23)39-28(29-20-52-35(38)40-29)17-31(25)50-24-16-30-32(44)42-37(34(46)47)18-21(37)9-5-3-2-4-6-12-26(33(45)43(30)19-24)41-36(48)51-22-10-7-8-11-22;/h6,10,14-16,18,21-23,25,27,31H,3-5,7-9,11-13,17,19-20H2,1-2H3,(H2,39,41)(H,42,48)(H,43,45);5,9,13-15,17,20-22,24,26,30H,2-4,6-8,10-12,16,18-19H2,1H3,(H2,38,40)(H,41,48)(H,42,44)(H,46,47);1H/b10-6-;9-5-;/t22?,25-,27+,31+,38-;21?,24-,26+,30+,37-;/m11./s1. The minimum Gasteiger partial charge on any atom is -0.497 e. The summed E-state index contributed by atoms with van der Waals surface area (Å²) in [7, 11) is 4.44. The number of carboxylic acid groups (broad SMARTS) is 1. The number of hydrogen-bond acceptors (Lipinski definition) is 23. The number of methoxy groups -OCH3 is 3. The zero-order valence-electron chi connectivity index (χ0n) is 59.1. The number of nitrogens with zero attached hydrogens (tertiary/aromatic N) is 6. The van der Waals surface area contributed by atoms with Gasteiger partial charge in [-0.2, -0.15) is 0 Å². The van der Waals surface area contributed by atoms with Gasteiger partial charge in [-0.3, -0.25) is 19.2 Å². The maximum atomic E-state index is 14.5. The van der Waals surface area contributed by atoms with Crippen molar-refractivity contribution in [2.24, 2.45) is 11.8 Å². The third-order valence-electron chi connectivity index (χ3n) is 21.3. The Balaban J connectivity index is 0.000000197. The highest BCUT2D eigenvalue weighted by molar-refractivity contribution is 7.14. The molecule has 10 atom stereocenters. The van der Waals surface area contributed by atoms with Gasteiger partial charge in [-0.1, -0.05) is 50.0 Å². The summed E-state index contributed by atoms with van der Waals surface area (Å²) in [5, 5.41) is 27.4. The lowest BCUT2D eigenvalue weighted by Gasteiger charge is -2.29. The number of amides is 6. The highest BCUT2D eigenvalue weighted by Crippen LogP contribution is 2.48. The molecular formula is C75H92N12O16S2. The molecule has 4 aliphatic carbocycles. The minimum absolute atomic E-state index is 0. The number of esters is 1. The summed E-state index contributed by atoms with van der Waals surface area (Å²) in [6.07, 6.45) is 19.9. The van der Waals surface area contributed by atoms with E-state index in [0.717, 1.165) is 89.9 Å². The fourth-order valence-corrected chi connectivity index (χ4v) is 16.5. The summed E-state index contributed by atoms with van der Waals surface area (Å²) in [5.74, 6) is -2.00. The molecule has 8 heterocycles. The average Bonchev–Trinajstić information content (AvgIpc) is 1.58. The lowest BCUT2D eigenvalue weighted by molar-refractivity contribution is -0.148. The van der Waals surface area contributed by atoms with Crippen LogP contribution in [-0.2, 0) is 43.0 Å². The van der Waals surface area contributed by atoms with E-state index in [1.54, 1.807) is 56.0 Å². The summed E-state index contributed by atoms with van der Waals surface area (Å²) in [6.45, 7) is 0.0788. The summed E-state index contributed by atoms with van der Waals surface area (Å²) in [6, 6.07) is 10.5. The number of alkyl carbamates (subject to hydrolysis) is 2. The molecule has 105 heavy (non-hydrogen) atoms. The van der Waals surface area contributed by atoms with Gasteiger partial charge in [0.15, 0.2) is 10.3 Å². The van der Waals surface area contributed by atoms with Crippen LogP contribution in [0.15, 0.2) is 83.6 Å². The predicted octanol–water partition coefficient (Wildman–Crippen LogP) is 9.96. The van der Waals surface area contributed by atoms with Crippen LogP contribution < -0.4 is 51.7 Å². The van der Waals surface area contributed by atoms with Gasteiger partial charge in [0.05, 0.1) is 56.8 Å². The highest BCUT2D eigenvalue weighted by Gasteiger charge is 2.63. The smallest absolute Gasteiger partial charge is 0.408 e. The molecule has 560 valence electrons. The first-order valence-corrected chi connectivity index (χ1v) is 38.1. The molecule has 4 aliphatic heterocycles. The Morgan fingerprint density at radius 1 is 0.552 bits per heavy atom. The maximum Gasteiger partial charge on any atom is 0.408 e. The molecule has 28 nitrogen and oxygen atoms in total. The van der Waals surface area contributed by atoms with E-state index in [1.165, 1.54) is 39.6 Å². The molecule has 14 rings (SSSR count). The molecule has 0 radical (unpaired) electrons. The van der Waals surface area contributed by atoms with E-state index >= 15 is 0 Å². The van der Waals surface area contributed by atoms with Gasteiger partial charge in [-0.15, -0.1) is 22.7 Å². The number of nitrogen functional groups attached to an aromatic ring is 2. The van der Waals surface area contributed by atoms with Gasteiger partial charge in [-0.05, 0) is 127 Å². The molecular weight excluding hydrogens is 1390 g/mol. The summed E-state index contributed by atoms with van der Waals surface area (Å²) in [5.41, 5.74) is 12.6. The van der Waals surface area contributed by atoms with Gasteiger partial charge in [-0.25, -0.2) is 39.1 Å². The van der Waals surface area contributed by atoms with Crippen LogP contribution in [0.2, 0.25) is 0 Å². The topological polar surface area (TPSA) is 380 Å². The molecule has 6 aromatic rings. The largest absolute Gasteiger partial charge is 0.497 e. The number of rotatable bonds is 14. The number of pyridine rings is 2. The normalized spacial score (nSPS) is 27.3. The number of aliphatic carboxylic acids is 1. The third-order valence-corrected chi connectivity index (χ3v) is 22.6. The molecule has 2 aromatic carbocycles. The Kier molecular flexibility index (Phi) is 22.6. The Bertz CT molecular complexity index is 4320. The molecule has 4 saturated carbocycles. The number of nitrogens with one attached hydrogen (secondary N) is 4. The molecule has 6 amide bonds. The third kappa shape index (κ3) is 16.8. The zero-order valence-corrected chi connectivity index (χ0v) is 60.7. The Labute approximate surface area is 616 Å². The van der Waals surface area contributed by atoms with E-state index in [4.69, 9.17) is 54.6 Å². The molecule has 2 unspecified atom stereocenters. The van der Waals surface area contributed by atoms with Gasteiger partial charge in [0.1, 0.15) is 94.0 Å². The molecule has 30 heteroatoms. The highest BCUT2D eigenvalue weighted by atomic mass is 32.1. The molecule has 0 spiro atoms. The van der Waals surface area contributed by atoms with E-state index in [0.29, 0.717) is 110 Å². The van der Waals surface area contributed by atoms with E-state index in [2.05, 4.69) is 31.2 Å². The first-order chi connectivity index (χ1) is 50.8. The van der Waals surface area contributed by atoms with Crippen LogP contribution in [0.25, 0.3) is 44.6 Å². The average molecular weight is 1480 g/mol. The van der Waals surface area contributed by atoms with Crippen LogP contribution in [0.1, 0.15) is 143 Å². The van der Waals surface area contributed by atoms with Crippen molar-refractivity contribution in [2.45, 2.75) is 201 Å². The quantitative estimate of drug-likeness (QED) is 0.0303. The van der Waals surface area contributed by atoms with Gasteiger partial charge >= 0.3 is 24.1 Å². The Morgan fingerprint density at radius 3 is 1.40 bits per heavy atom. The van der Waals surface area contributed by atoms with Gasteiger partial charge < -0.3 is 80.8 Å². The zero-order chi connectivity index (χ0) is 73.5. The van der Waals surface area contributed by atoms with Crippen LogP contribution in [-0.4, -0.2) is 177 Å². The number of carbonyl (C=O) groups excluding carboxylic acids is 7. The van der Waals surface area contributed by atoms with E-state index in [9.17, 15) is 43.5 Å². The van der Waals surface area contributed by atoms with Gasteiger partial charge in [0, 0.05) is 71.9 Å². The first-order valence-electron chi connectivity index (χ1n) is 36.4. The second-order valence-electron chi connectivity index (χ2n) is 28.4. The molecule has 0 bridgehead atoms. The number of fused-ring (bicyclic) bond motifs is 6. The lowest BCUT2D eigenvalue weighted by Crippen LogP contribution is -2.56. The number of nitrogens with two attached hydrogens (primary N) is 2. The SMILES string of the molecule is COC(=O)[C@@]12CC1/C=C\CCCCC[C@H](NC(=O)OC1CCCC1)C(=O)N1C[C@H](Oc3cc(-c4csc(N)n4)nc4cc(OC)ccc34)C[C@H]1C(=O)N2.COc1ccc2c(O[C@@H]3C[C@H]4C(=O)N[C@]5(C(=O)O)CC5/C=C\CCCCC[C@H](NC(=O)OC5CCCC5)C(=O)N4C3)cc(-c3csc(N)n3)nc2c1.[HH]. The van der Waals surface area contributed by atoms with Crippen molar-refractivity contribution < 1.29 is 78.0 Å². The minimum atomic E-state index is -1.45. The van der Waals surface area contributed by atoms with E-state index in [1.807, 2.05) is 41.8 Å². The van der Waals surface area contributed by atoms with E-state index < -0.39 is 95.2 Å². The fourth-order valence-electron chi connectivity index (χ4n) is 15.4. The van der Waals surface area contributed by atoms with Crippen molar-refractivity contribution in [3.05, 3.63) is 83.6 Å². The number of anilines is 2. The Morgan fingerprint density at radius 2 is 0.981 bits per heavy atom. The number of benzene rings is 2. The predicted molar refractivity (Wildman–Crippen MR) is 392 cm³/mol. The number of ether oxygens (including phenoxy) is 7. The monoisotopic (exact) mass is 1480 g/mol. The molecule has 8 aliphatic rings. The van der Waals surface area contributed by atoms with Crippen molar-refractivity contribution in [3.8, 4) is 45.8 Å². The van der Waals surface area contributed by atoms with E-state index in [-0.39, 0.29) is 57.8 Å². The second kappa shape index (κ2) is 32.3. The maximum absolute atomic E-state index is 14.5. The van der Waals surface area contributed by atoms with Crippen LogP contribution in [0.5, 0.6) is 23.0 Å². The second-order valence-corrected chi connectivity index (χ2v) is 30.2. The van der Waals surface area contributed by atoms with Gasteiger partial charge in [0.2, 0.25) is 23.6 Å². The molecule has 4 aromatic heterocycles. The number of thiazole rings is 2. The Hall–Kier alpha value is -9.84.